The third-order valence-corrected chi connectivity index (χ3v) is 12.0. The molecule has 0 N–H and O–H groups in total. The lowest BCUT2D eigenvalue weighted by atomic mass is 9.94. The van der Waals surface area contributed by atoms with E-state index in [0.717, 1.165) is 61.4 Å². The molecule has 276 valence electrons. The summed E-state index contributed by atoms with van der Waals surface area (Å²) >= 11 is 0. The average Bonchev–Trinajstić information content (AvgIpc) is 3.85. The van der Waals surface area contributed by atoms with Crippen LogP contribution in [0.3, 0.4) is 0 Å². The van der Waals surface area contributed by atoms with E-state index >= 15 is 0 Å². The first-order chi connectivity index (χ1) is 29.3. The second-order valence-electron chi connectivity index (χ2n) is 15.3. The molecule has 0 fully saturated rings. The van der Waals surface area contributed by atoms with Crippen molar-refractivity contribution in [1.29, 1.82) is 0 Å². The topological polar surface area (TPSA) is 21.3 Å². The van der Waals surface area contributed by atoms with E-state index in [1.807, 2.05) is 6.07 Å². The standard InChI is InChI=1S/C56H36N2O/c1-2-18-40(19-3-1)57(41-20-12-16-38(35-41)44-26-14-27-45-43-22-5-4-15-37(43)31-32-46(44)45)53-34-33-50-49-25-8-11-30-54(49)59-56(50)55(53)39-17-13-21-42(36-39)58-51-28-9-6-23-47(51)48-24-7-10-29-52(48)58/h1-36H. The fourth-order valence-corrected chi connectivity index (χ4v) is 9.35. The summed E-state index contributed by atoms with van der Waals surface area (Å²) in [6, 6.07) is 78.7. The van der Waals surface area contributed by atoms with Crippen molar-refractivity contribution in [3.8, 4) is 27.9 Å². The zero-order chi connectivity index (χ0) is 38.9. The Morgan fingerprint density at radius 1 is 0.373 bits per heavy atom. The first-order valence-corrected chi connectivity index (χ1v) is 20.2. The van der Waals surface area contributed by atoms with Crippen molar-refractivity contribution < 1.29 is 4.42 Å². The van der Waals surface area contributed by atoms with Gasteiger partial charge in [0.1, 0.15) is 11.2 Å². The van der Waals surface area contributed by atoms with Gasteiger partial charge in [-0.3, -0.25) is 0 Å². The van der Waals surface area contributed by atoms with Crippen LogP contribution in [0.5, 0.6) is 0 Å². The predicted molar refractivity (Wildman–Crippen MR) is 249 cm³/mol. The summed E-state index contributed by atoms with van der Waals surface area (Å²) in [4.78, 5) is 2.39. The number of anilines is 3. The van der Waals surface area contributed by atoms with Gasteiger partial charge >= 0.3 is 0 Å². The van der Waals surface area contributed by atoms with Crippen LogP contribution < -0.4 is 4.90 Å². The second kappa shape index (κ2) is 13.4. The van der Waals surface area contributed by atoms with Gasteiger partial charge < -0.3 is 13.9 Å². The van der Waals surface area contributed by atoms with Crippen molar-refractivity contribution in [3.63, 3.8) is 0 Å². The number of rotatable bonds is 6. The quantitative estimate of drug-likeness (QED) is 0.158. The number of fused-ring (bicyclic) bond motifs is 9. The Morgan fingerprint density at radius 3 is 1.83 bits per heavy atom. The summed E-state index contributed by atoms with van der Waals surface area (Å²) in [5.41, 5.74) is 12.8. The Hall–Kier alpha value is -7.88. The Kier molecular flexibility index (Phi) is 7.54. The van der Waals surface area contributed by atoms with Crippen molar-refractivity contribution in [2.45, 2.75) is 0 Å². The third-order valence-electron chi connectivity index (χ3n) is 12.0. The molecule has 10 aromatic carbocycles. The summed E-state index contributed by atoms with van der Waals surface area (Å²) in [5, 5.41) is 9.67. The highest BCUT2D eigenvalue weighted by Gasteiger charge is 2.24. The van der Waals surface area contributed by atoms with E-state index in [4.69, 9.17) is 4.42 Å². The lowest BCUT2D eigenvalue weighted by molar-refractivity contribution is 0.670. The van der Waals surface area contributed by atoms with E-state index in [-0.39, 0.29) is 0 Å². The minimum Gasteiger partial charge on any atom is -0.455 e. The molecular formula is C56H36N2O. The first kappa shape index (κ1) is 33.3. The van der Waals surface area contributed by atoms with E-state index in [0.29, 0.717) is 0 Å². The molecular weight excluding hydrogens is 717 g/mol. The molecule has 0 saturated carbocycles. The van der Waals surface area contributed by atoms with Crippen LogP contribution in [-0.2, 0) is 0 Å². The molecule has 0 amide bonds. The van der Waals surface area contributed by atoms with Gasteiger partial charge in [0.25, 0.3) is 0 Å². The highest BCUT2D eigenvalue weighted by Crippen LogP contribution is 2.48. The molecule has 0 saturated heterocycles. The van der Waals surface area contributed by atoms with Crippen LogP contribution >= 0.6 is 0 Å². The van der Waals surface area contributed by atoms with E-state index in [2.05, 4.69) is 222 Å². The number of para-hydroxylation sites is 4. The number of hydrogen-bond acceptors (Lipinski definition) is 2. The maximum atomic E-state index is 6.91. The summed E-state index contributed by atoms with van der Waals surface area (Å²) in [5.74, 6) is 0. The molecule has 0 atom stereocenters. The average molecular weight is 753 g/mol. The summed E-state index contributed by atoms with van der Waals surface area (Å²) in [6.07, 6.45) is 0. The molecule has 0 aliphatic heterocycles. The molecule has 59 heavy (non-hydrogen) atoms. The van der Waals surface area contributed by atoms with Crippen LogP contribution in [0.15, 0.2) is 223 Å². The monoisotopic (exact) mass is 752 g/mol. The van der Waals surface area contributed by atoms with E-state index in [1.54, 1.807) is 0 Å². The van der Waals surface area contributed by atoms with E-state index in [1.165, 1.54) is 48.9 Å². The number of aromatic nitrogens is 1. The fraction of sp³-hybridized carbons (Fsp3) is 0. The minimum atomic E-state index is 0.862. The molecule has 0 bridgehead atoms. The molecule has 0 aliphatic carbocycles. The largest absolute Gasteiger partial charge is 0.455 e. The molecule has 0 aliphatic rings. The van der Waals surface area contributed by atoms with Gasteiger partial charge in [0, 0.05) is 44.2 Å². The summed E-state index contributed by atoms with van der Waals surface area (Å²) < 4.78 is 9.30. The predicted octanol–water partition coefficient (Wildman–Crippen LogP) is 15.8. The molecule has 0 unspecified atom stereocenters. The van der Waals surface area contributed by atoms with Gasteiger partial charge in [-0.15, -0.1) is 0 Å². The highest BCUT2D eigenvalue weighted by atomic mass is 16.3. The summed E-state index contributed by atoms with van der Waals surface area (Å²) in [6.45, 7) is 0. The molecule has 0 spiro atoms. The van der Waals surface area contributed by atoms with Crippen LogP contribution in [-0.4, -0.2) is 4.57 Å². The van der Waals surface area contributed by atoms with Crippen LogP contribution in [0.1, 0.15) is 0 Å². The Balaban J connectivity index is 1.11. The normalized spacial score (nSPS) is 11.7. The summed E-state index contributed by atoms with van der Waals surface area (Å²) in [7, 11) is 0. The smallest absolute Gasteiger partial charge is 0.145 e. The zero-order valence-electron chi connectivity index (χ0n) is 32.1. The molecule has 0 radical (unpaired) electrons. The van der Waals surface area contributed by atoms with Gasteiger partial charge in [0.05, 0.1) is 16.7 Å². The second-order valence-corrected chi connectivity index (χ2v) is 15.3. The Labute approximate surface area is 341 Å². The van der Waals surface area contributed by atoms with Gasteiger partial charge in [-0.1, -0.05) is 152 Å². The van der Waals surface area contributed by atoms with Gasteiger partial charge in [-0.2, -0.15) is 0 Å². The third kappa shape index (κ3) is 5.29. The van der Waals surface area contributed by atoms with Gasteiger partial charge in [-0.25, -0.2) is 0 Å². The molecule has 3 heteroatoms. The Morgan fingerprint density at radius 2 is 1.00 bits per heavy atom. The minimum absolute atomic E-state index is 0.862. The number of furan rings is 1. The van der Waals surface area contributed by atoms with Crippen LogP contribution in [0, 0.1) is 0 Å². The molecule has 12 rings (SSSR count). The van der Waals surface area contributed by atoms with Gasteiger partial charge in [0.15, 0.2) is 0 Å². The molecule has 12 aromatic rings. The van der Waals surface area contributed by atoms with Crippen LogP contribution in [0.4, 0.5) is 17.1 Å². The van der Waals surface area contributed by atoms with E-state index < -0.39 is 0 Å². The van der Waals surface area contributed by atoms with Crippen molar-refractivity contribution in [1.82, 2.24) is 4.57 Å². The van der Waals surface area contributed by atoms with E-state index in [9.17, 15) is 0 Å². The van der Waals surface area contributed by atoms with Crippen molar-refractivity contribution >= 4 is 82.4 Å². The van der Waals surface area contributed by atoms with Crippen LogP contribution in [0.2, 0.25) is 0 Å². The van der Waals surface area contributed by atoms with Gasteiger partial charge in [-0.05, 0) is 105 Å². The molecule has 2 aromatic heterocycles. The SMILES string of the molecule is c1ccc(N(c2cccc(-c3cccc4c3ccc3ccccc34)c2)c2ccc3c(oc4ccccc43)c2-c2cccc(-n3c4ccccc4c4ccccc43)c2)cc1. The fourth-order valence-electron chi connectivity index (χ4n) is 9.35. The lowest BCUT2D eigenvalue weighted by Crippen LogP contribution is -2.11. The van der Waals surface area contributed by atoms with Crippen molar-refractivity contribution in [2.24, 2.45) is 0 Å². The first-order valence-electron chi connectivity index (χ1n) is 20.2. The van der Waals surface area contributed by atoms with Crippen LogP contribution in [0.25, 0.3) is 93.2 Å². The zero-order valence-corrected chi connectivity index (χ0v) is 32.1. The highest BCUT2D eigenvalue weighted by molar-refractivity contribution is 6.15. The maximum Gasteiger partial charge on any atom is 0.145 e. The number of hydrogen-bond donors (Lipinski definition) is 0. The molecule has 2 heterocycles. The molecule has 3 nitrogen and oxygen atoms in total. The Bertz CT molecular complexity index is 3520. The van der Waals surface area contributed by atoms with Gasteiger partial charge in [0.2, 0.25) is 0 Å². The number of nitrogens with zero attached hydrogens (tertiary/aromatic N) is 2. The lowest BCUT2D eigenvalue weighted by Gasteiger charge is -2.28. The van der Waals surface area contributed by atoms with Crippen molar-refractivity contribution in [3.05, 3.63) is 218 Å². The number of benzene rings is 10. The van der Waals surface area contributed by atoms with Crippen molar-refractivity contribution in [2.75, 3.05) is 4.90 Å². The maximum absolute atomic E-state index is 6.91.